The van der Waals surface area contributed by atoms with Gasteiger partial charge >= 0.3 is 5.69 Å². The van der Waals surface area contributed by atoms with Gasteiger partial charge in [0.2, 0.25) is 0 Å². The van der Waals surface area contributed by atoms with Crippen LogP contribution in [0.3, 0.4) is 0 Å². The number of nitriles is 1. The molecule has 0 atom stereocenters. The summed E-state index contributed by atoms with van der Waals surface area (Å²) in [7, 11) is 0. The Bertz CT molecular complexity index is 775. The van der Waals surface area contributed by atoms with Crippen LogP contribution in [0.25, 0.3) is 0 Å². The lowest BCUT2D eigenvalue weighted by molar-refractivity contribution is 0.592. The summed E-state index contributed by atoms with van der Waals surface area (Å²) in [5, 5.41) is 15.6. The number of nitrogens with zero attached hydrogens (tertiary/aromatic N) is 3. The lowest BCUT2D eigenvalue weighted by Gasteiger charge is -2.06. The Balaban J connectivity index is 1.98. The molecule has 1 N–H and O–H groups in total. The molecule has 1 aliphatic rings. The molecular weight excluding hydrogens is 347 g/mol. The zero-order chi connectivity index (χ0) is 14.3. The summed E-state index contributed by atoms with van der Waals surface area (Å²) in [6, 6.07) is 5.10. The van der Waals surface area contributed by atoms with Crippen molar-refractivity contribution >= 4 is 27.7 Å². The lowest BCUT2D eigenvalue weighted by atomic mass is 10.2. The predicted molar refractivity (Wildman–Crippen MR) is 74.1 cm³/mol. The maximum absolute atomic E-state index is 14.1. The summed E-state index contributed by atoms with van der Waals surface area (Å²) in [5.41, 5.74) is -0.0448. The molecule has 1 aliphatic carbocycles. The van der Waals surface area contributed by atoms with Crippen molar-refractivity contribution in [3.05, 3.63) is 38.5 Å². The molecule has 0 radical (unpaired) electrons. The van der Waals surface area contributed by atoms with E-state index in [0.29, 0.717) is 10.1 Å². The van der Waals surface area contributed by atoms with Gasteiger partial charge in [-0.2, -0.15) is 5.26 Å². The van der Waals surface area contributed by atoms with Crippen molar-refractivity contribution in [2.45, 2.75) is 28.9 Å². The fraction of sp³-hybridized carbons (Fsp3) is 0.250. The van der Waals surface area contributed by atoms with Crippen LogP contribution in [-0.2, 0) is 0 Å². The second-order valence-electron chi connectivity index (χ2n) is 4.37. The van der Waals surface area contributed by atoms with Crippen molar-refractivity contribution in [2.75, 3.05) is 0 Å². The molecule has 0 unspecified atom stereocenters. The van der Waals surface area contributed by atoms with Gasteiger partial charge in [-0.3, -0.25) is 4.57 Å². The minimum absolute atomic E-state index is 0.126. The molecule has 102 valence electrons. The van der Waals surface area contributed by atoms with Crippen molar-refractivity contribution in [1.29, 1.82) is 5.26 Å². The van der Waals surface area contributed by atoms with E-state index in [1.54, 1.807) is 4.57 Å². The molecule has 0 saturated heterocycles. The monoisotopic (exact) mass is 354 g/mol. The average Bonchev–Trinajstić information content (AvgIpc) is 3.20. The summed E-state index contributed by atoms with van der Waals surface area (Å²) in [6.07, 6.45) is 1.87. The van der Waals surface area contributed by atoms with Gasteiger partial charge in [-0.25, -0.2) is 14.3 Å². The number of hydrogen-bond donors (Lipinski definition) is 1. The molecule has 2 aromatic rings. The van der Waals surface area contributed by atoms with E-state index in [9.17, 15) is 9.18 Å². The van der Waals surface area contributed by atoms with Gasteiger partial charge in [-0.15, -0.1) is 5.10 Å². The highest BCUT2D eigenvalue weighted by molar-refractivity contribution is 9.10. The van der Waals surface area contributed by atoms with E-state index in [4.69, 9.17) is 5.26 Å². The minimum Gasteiger partial charge on any atom is -0.267 e. The molecule has 1 aromatic carbocycles. The molecule has 3 rings (SSSR count). The number of nitrogens with one attached hydrogen (secondary N) is 1. The zero-order valence-electron chi connectivity index (χ0n) is 10.1. The molecule has 1 fully saturated rings. The Labute approximate surface area is 125 Å². The van der Waals surface area contributed by atoms with Gasteiger partial charge in [-0.05, 0) is 52.7 Å². The third-order valence-corrected chi connectivity index (χ3v) is 4.73. The first kappa shape index (κ1) is 13.4. The molecule has 0 bridgehead atoms. The highest BCUT2D eigenvalue weighted by Crippen LogP contribution is 2.39. The van der Waals surface area contributed by atoms with E-state index in [0.717, 1.165) is 24.6 Å². The van der Waals surface area contributed by atoms with E-state index in [-0.39, 0.29) is 21.8 Å². The maximum Gasteiger partial charge on any atom is 0.344 e. The van der Waals surface area contributed by atoms with Crippen LogP contribution < -0.4 is 5.69 Å². The number of benzene rings is 1. The van der Waals surface area contributed by atoms with E-state index < -0.39 is 5.82 Å². The van der Waals surface area contributed by atoms with E-state index in [1.807, 2.05) is 6.07 Å². The largest absolute Gasteiger partial charge is 0.344 e. The summed E-state index contributed by atoms with van der Waals surface area (Å²) in [6.45, 7) is 0. The summed E-state index contributed by atoms with van der Waals surface area (Å²) < 4.78 is 15.8. The van der Waals surface area contributed by atoms with Crippen LogP contribution in [0, 0.1) is 17.1 Å². The maximum atomic E-state index is 14.1. The number of aromatic amines is 1. The number of aromatic nitrogens is 3. The molecule has 0 amide bonds. The standard InChI is InChI=1S/C12H8BrFN4OS/c13-9-6(5-15)1-4-8(10(9)14)20-12-17-16-11(19)18(12)7-2-3-7/h1,4,7H,2-3H2,(H,16,19). The van der Waals surface area contributed by atoms with Gasteiger partial charge in [-0.1, -0.05) is 0 Å². The first-order chi connectivity index (χ1) is 9.61. The van der Waals surface area contributed by atoms with Gasteiger partial charge in [0.1, 0.15) is 6.07 Å². The van der Waals surface area contributed by atoms with Crippen LogP contribution in [-0.4, -0.2) is 14.8 Å². The molecular formula is C12H8BrFN4OS. The van der Waals surface area contributed by atoms with Crippen molar-refractivity contribution in [2.24, 2.45) is 0 Å². The SMILES string of the molecule is N#Cc1ccc(Sc2n[nH]c(=O)n2C2CC2)c(F)c1Br. The van der Waals surface area contributed by atoms with Crippen LogP contribution >= 0.6 is 27.7 Å². The van der Waals surface area contributed by atoms with E-state index >= 15 is 0 Å². The van der Waals surface area contributed by atoms with Crippen molar-refractivity contribution in [3.63, 3.8) is 0 Å². The van der Waals surface area contributed by atoms with Gasteiger partial charge in [0.15, 0.2) is 11.0 Å². The van der Waals surface area contributed by atoms with Gasteiger partial charge in [0, 0.05) is 6.04 Å². The average molecular weight is 355 g/mol. The summed E-state index contributed by atoms with van der Waals surface area (Å²) in [5.74, 6) is -0.521. The van der Waals surface area contributed by atoms with Crippen LogP contribution in [0.1, 0.15) is 24.4 Å². The van der Waals surface area contributed by atoms with Crippen LogP contribution in [0.2, 0.25) is 0 Å². The number of hydrogen-bond acceptors (Lipinski definition) is 4. The Hall–Kier alpha value is -1.59. The third-order valence-electron chi connectivity index (χ3n) is 2.95. The molecule has 0 spiro atoms. The Kier molecular flexibility index (Phi) is 3.40. The van der Waals surface area contributed by atoms with Crippen molar-refractivity contribution in [3.8, 4) is 6.07 Å². The first-order valence-electron chi connectivity index (χ1n) is 5.84. The predicted octanol–water partition coefficient (Wildman–Crippen LogP) is 2.83. The molecule has 0 aliphatic heterocycles. The summed E-state index contributed by atoms with van der Waals surface area (Å²) in [4.78, 5) is 12.0. The fourth-order valence-corrected chi connectivity index (χ4v) is 3.32. The van der Waals surface area contributed by atoms with Crippen molar-refractivity contribution in [1.82, 2.24) is 14.8 Å². The molecule has 1 saturated carbocycles. The van der Waals surface area contributed by atoms with Gasteiger partial charge in [0.25, 0.3) is 0 Å². The molecule has 8 heteroatoms. The smallest absolute Gasteiger partial charge is 0.267 e. The third kappa shape index (κ3) is 2.27. The number of halogens is 2. The second-order valence-corrected chi connectivity index (χ2v) is 6.17. The summed E-state index contributed by atoms with van der Waals surface area (Å²) >= 11 is 4.13. The number of rotatable bonds is 3. The lowest BCUT2D eigenvalue weighted by Crippen LogP contribution is -2.16. The molecule has 1 aromatic heterocycles. The fourth-order valence-electron chi connectivity index (χ4n) is 1.81. The normalized spacial score (nSPS) is 14.2. The topological polar surface area (TPSA) is 74.5 Å². The Morgan fingerprint density at radius 2 is 2.30 bits per heavy atom. The van der Waals surface area contributed by atoms with E-state index in [2.05, 4.69) is 26.1 Å². The molecule has 20 heavy (non-hydrogen) atoms. The molecule has 5 nitrogen and oxygen atoms in total. The first-order valence-corrected chi connectivity index (χ1v) is 7.45. The van der Waals surface area contributed by atoms with Crippen molar-refractivity contribution < 1.29 is 4.39 Å². The van der Waals surface area contributed by atoms with E-state index in [1.165, 1.54) is 12.1 Å². The molecule has 1 heterocycles. The van der Waals surface area contributed by atoms with Crippen LogP contribution in [0.5, 0.6) is 0 Å². The van der Waals surface area contributed by atoms with Crippen LogP contribution in [0.4, 0.5) is 4.39 Å². The van der Waals surface area contributed by atoms with Crippen LogP contribution in [0.15, 0.2) is 31.5 Å². The Morgan fingerprint density at radius 3 is 2.95 bits per heavy atom. The zero-order valence-corrected chi connectivity index (χ0v) is 12.5. The highest BCUT2D eigenvalue weighted by Gasteiger charge is 2.29. The number of H-pyrrole nitrogens is 1. The second kappa shape index (κ2) is 5.07. The Morgan fingerprint density at radius 1 is 1.55 bits per heavy atom. The van der Waals surface area contributed by atoms with Gasteiger partial charge < -0.3 is 0 Å². The quantitative estimate of drug-likeness (QED) is 0.919. The minimum atomic E-state index is -0.521. The highest BCUT2D eigenvalue weighted by atomic mass is 79.9. The van der Waals surface area contributed by atoms with Gasteiger partial charge in [0.05, 0.1) is 14.9 Å².